The van der Waals surface area contributed by atoms with Crippen molar-refractivity contribution in [3.63, 3.8) is 0 Å². The smallest absolute Gasteiger partial charge is 0.244 e. The fourth-order valence-corrected chi connectivity index (χ4v) is 1.79. The first kappa shape index (κ1) is 13.4. The number of rotatable bonds is 4. The second kappa shape index (κ2) is 6.20. The Morgan fingerprint density at radius 1 is 1.47 bits per heavy atom. The third kappa shape index (κ3) is 4.82. The van der Waals surface area contributed by atoms with Crippen LogP contribution in [0.4, 0.5) is 0 Å². The van der Waals surface area contributed by atoms with Gasteiger partial charge < -0.3 is 11.1 Å². The average Bonchev–Trinajstić information content (AvgIpc) is 2.25. The Balaban J connectivity index is 2.64. The van der Waals surface area contributed by atoms with Gasteiger partial charge >= 0.3 is 0 Å². The van der Waals surface area contributed by atoms with Crippen molar-refractivity contribution in [2.45, 2.75) is 6.92 Å². The van der Waals surface area contributed by atoms with Crippen molar-refractivity contribution in [3.8, 4) is 0 Å². The van der Waals surface area contributed by atoms with Gasteiger partial charge in [-0.05, 0) is 30.2 Å². The fourth-order valence-electron chi connectivity index (χ4n) is 1.17. The number of carbonyl (C=O) groups is 2. The summed E-state index contributed by atoms with van der Waals surface area (Å²) in [6.07, 6.45) is 3.03. The molecule has 2 amide bonds. The van der Waals surface area contributed by atoms with Gasteiger partial charge in [-0.3, -0.25) is 9.59 Å². The van der Waals surface area contributed by atoms with E-state index in [-0.39, 0.29) is 12.5 Å². The summed E-state index contributed by atoms with van der Waals surface area (Å²) in [7, 11) is 0. The van der Waals surface area contributed by atoms with Crippen LogP contribution < -0.4 is 11.1 Å². The van der Waals surface area contributed by atoms with Gasteiger partial charge in [-0.25, -0.2) is 0 Å². The third-order valence-electron chi connectivity index (χ3n) is 2.01. The Labute approximate surface area is 108 Å². The van der Waals surface area contributed by atoms with E-state index in [1.165, 1.54) is 6.08 Å². The molecule has 0 heterocycles. The largest absolute Gasteiger partial charge is 0.368 e. The normalized spacial score (nSPS) is 10.5. The lowest BCUT2D eigenvalue weighted by Gasteiger charge is -2.00. The van der Waals surface area contributed by atoms with Crippen LogP contribution in [0.5, 0.6) is 0 Å². The van der Waals surface area contributed by atoms with E-state index in [1.54, 1.807) is 6.08 Å². The monoisotopic (exact) mass is 296 g/mol. The predicted molar refractivity (Wildman–Crippen MR) is 70.1 cm³/mol. The molecule has 1 rings (SSSR count). The minimum atomic E-state index is -0.566. The summed E-state index contributed by atoms with van der Waals surface area (Å²) in [5.74, 6) is -0.917. The van der Waals surface area contributed by atoms with Crippen molar-refractivity contribution in [1.82, 2.24) is 5.32 Å². The van der Waals surface area contributed by atoms with Crippen LogP contribution in [0.25, 0.3) is 6.08 Å². The Morgan fingerprint density at radius 2 is 2.18 bits per heavy atom. The average molecular weight is 297 g/mol. The molecule has 5 heteroatoms. The summed E-state index contributed by atoms with van der Waals surface area (Å²) >= 11 is 3.40. The van der Waals surface area contributed by atoms with Gasteiger partial charge in [0.25, 0.3) is 0 Å². The van der Waals surface area contributed by atoms with Gasteiger partial charge in [0.2, 0.25) is 11.8 Å². The van der Waals surface area contributed by atoms with Gasteiger partial charge in [0.1, 0.15) is 0 Å². The standard InChI is InChI=1S/C12H13BrN2O2/c1-8-2-3-9(10(13)6-8)4-5-12(17)15-7-11(14)16/h2-6H,7H2,1H3,(H2,14,16)(H,15,17)/b5-4+. The zero-order valence-electron chi connectivity index (χ0n) is 9.37. The SMILES string of the molecule is Cc1ccc(/C=C/C(=O)NCC(N)=O)c(Br)c1. The summed E-state index contributed by atoms with van der Waals surface area (Å²) in [5, 5.41) is 2.37. The summed E-state index contributed by atoms with van der Waals surface area (Å²) < 4.78 is 0.913. The van der Waals surface area contributed by atoms with Crippen LogP contribution in [0.2, 0.25) is 0 Å². The fraction of sp³-hybridized carbons (Fsp3) is 0.167. The number of nitrogens with one attached hydrogen (secondary N) is 1. The molecule has 0 aliphatic heterocycles. The minimum Gasteiger partial charge on any atom is -0.368 e. The molecule has 1 aromatic carbocycles. The number of benzene rings is 1. The number of hydrogen-bond acceptors (Lipinski definition) is 2. The van der Waals surface area contributed by atoms with Crippen LogP contribution >= 0.6 is 15.9 Å². The molecule has 4 nitrogen and oxygen atoms in total. The second-order valence-electron chi connectivity index (χ2n) is 3.54. The van der Waals surface area contributed by atoms with Gasteiger partial charge in [0.05, 0.1) is 6.54 Å². The van der Waals surface area contributed by atoms with E-state index in [1.807, 2.05) is 25.1 Å². The number of aryl methyl sites for hydroxylation is 1. The molecule has 0 aliphatic rings. The van der Waals surface area contributed by atoms with Crippen molar-refractivity contribution in [2.75, 3.05) is 6.54 Å². The zero-order chi connectivity index (χ0) is 12.8. The number of hydrogen-bond donors (Lipinski definition) is 2. The molecule has 0 aromatic heterocycles. The highest BCUT2D eigenvalue weighted by atomic mass is 79.9. The topological polar surface area (TPSA) is 72.2 Å². The maximum absolute atomic E-state index is 11.3. The molecule has 90 valence electrons. The molecular weight excluding hydrogens is 284 g/mol. The first-order valence-corrected chi connectivity index (χ1v) is 5.78. The van der Waals surface area contributed by atoms with Crippen molar-refractivity contribution < 1.29 is 9.59 Å². The van der Waals surface area contributed by atoms with Gasteiger partial charge in [-0.2, -0.15) is 0 Å². The van der Waals surface area contributed by atoms with Crippen LogP contribution in [0.15, 0.2) is 28.7 Å². The molecule has 0 aliphatic carbocycles. The second-order valence-corrected chi connectivity index (χ2v) is 4.40. The lowest BCUT2D eigenvalue weighted by Crippen LogP contribution is -2.32. The first-order chi connectivity index (χ1) is 7.99. The number of carbonyl (C=O) groups excluding carboxylic acids is 2. The van der Waals surface area contributed by atoms with E-state index in [9.17, 15) is 9.59 Å². The number of nitrogens with two attached hydrogens (primary N) is 1. The Morgan fingerprint density at radius 3 is 2.76 bits per heavy atom. The van der Waals surface area contributed by atoms with E-state index in [0.29, 0.717) is 0 Å². The Kier molecular flexibility index (Phi) is 4.90. The molecule has 0 fully saturated rings. The maximum Gasteiger partial charge on any atom is 0.244 e. The van der Waals surface area contributed by atoms with E-state index in [0.717, 1.165) is 15.6 Å². The highest BCUT2D eigenvalue weighted by molar-refractivity contribution is 9.10. The minimum absolute atomic E-state index is 0.155. The molecule has 0 spiro atoms. The molecule has 0 saturated heterocycles. The summed E-state index contributed by atoms with van der Waals surface area (Å²) in [4.78, 5) is 21.7. The highest BCUT2D eigenvalue weighted by Gasteiger charge is 1.99. The number of primary amides is 1. The molecule has 0 bridgehead atoms. The Hall–Kier alpha value is -1.62. The maximum atomic E-state index is 11.3. The predicted octanol–water partition coefficient (Wildman–Crippen LogP) is 1.37. The van der Waals surface area contributed by atoms with Gasteiger partial charge in [0, 0.05) is 10.5 Å². The zero-order valence-corrected chi connectivity index (χ0v) is 11.0. The molecule has 1 aromatic rings. The van der Waals surface area contributed by atoms with Crippen molar-refractivity contribution in [2.24, 2.45) is 5.73 Å². The lowest BCUT2D eigenvalue weighted by atomic mass is 10.1. The van der Waals surface area contributed by atoms with Gasteiger partial charge in [-0.1, -0.05) is 28.1 Å². The molecule has 0 unspecified atom stereocenters. The van der Waals surface area contributed by atoms with E-state index >= 15 is 0 Å². The van der Waals surface area contributed by atoms with Crippen LogP contribution in [-0.2, 0) is 9.59 Å². The molecule has 17 heavy (non-hydrogen) atoms. The summed E-state index contributed by atoms with van der Waals surface area (Å²) in [6, 6.07) is 5.81. The van der Waals surface area contributed by atoms with Gasteiger partial charge in [-0.15, -0.1) is 0 Å². The molecular formula is C12H13BrN2O2. The van der Waals surface area contributed by atoms with Crippen LogP contribution in [0.3, 0.4) is 0 Å². The molecule has 3 N–H and O–H groups in total. The van der Waals surface area contributed by atoms with Crippen molar-refractivity contribution in [3.05, 3.63) is 39.9 Å². The molecule has 0 radical (unpaired) electrons. The number of halogens is 1. The van der Waals surface area contributed by atoms with Crippen molar-refractivity contribution in [1.29, 1.82) is 0 Å². The van der Waals surface area contributed by atoms with Crippen molar-refractivity contribution >= 4 is 33.8 Å². The van der Waals surface area contributed by atoms with E-state index in [4.69, 9.17) is 5.73 Å². The van der Waals surface area contributed by atoms with Crippen LogP contribution in [0.1, 0.15) is 11.1 Å². The highest BCUT2D eigenvalue weighted by Crippen LogP contribution is 2.19. The quantitative estimate of drug-likeness (QED) is 0.824. The van der Waals surface area contributed by atoms with Crippen LogP contribution in [0, 0.1) is 6.92 Å². The van der Waals surface area contributed by atoms with E-state index < -0.39 is 5.91 Å². The number of amides is 2. The molecule has 0 atom stereocenters. The molecule has 0 saturated carbocycles. The summed E-state index contributed by atoms with van der Waals surface area (Å²) in [6.45, 7) is 1.83. The van der Waals surface area contributed by atoms with E-state index in [2.05, 4.69) is 21.2 Å². The van der Waals surface area contributed by atoms with Gasteiger partial charge in [0.15, 0.2) is 0 Å². The first-order valence-electron chi connectivity index (χ1n) is 4.99. The third-order valence-corrected chi connectivity index (χ3v) is 2.69. The Bertz CT molecular complexity index is 470. The summed E-state index contributed by atoms with van der Waals surface area (Å²) in [5.41, 5.74) is 6.93. The van der Waals surface area contributed by atoms with Crippen LogP contribution in [-0.4, -0.2) is 18.4 Å². The lowest BCUT2D eigenvalue weighted by molar-refractivity contribution is -0.122.